The van der Waals surface area contributed by atoms with Gasteiger partial charge in [-0.2, -0.15) is 0 Å². The van der Waals surface area contributed by atoms with Crippen LogP contribution in [-0.4, -0.2) is 30.9 Å². The van der Waals surface area contributed by atoms with Crippen LogP contribution < -0.4 is 25.7 Å². The number of hydrogen-bond donors (Lipinski definition) is 3. The highest BCUT2D eigenvalue weighted by molar-refractivity contribution is 5.78. The molecule has 0 amide bonds. The van der Waals surface area contributed by atoms with Crippen molar-refractivity contribution in [3.05, 3.63) is 6.07 Å². The zero-order valence-corrected chi connectivity index (χ0v) is 10.7. The van der Waals surface area contributed by atoms with E-state index in [1.165, 1.54) is 7.11 Å². The summed E-state index contributed by atoms with van der Waals surface area (Å²) in [6.07, 6.45) is -0.626. The fourth-order valence-electron chi connectivity index (χ4n) is 1.84. The van der Waals surface area contributed by atoms with E-state index in [0.717, 1.165) is 0 Å². The van der Waals surface area contributed by atoms with Crippen LogP contribution in [0, 0.1) is 5.92 Å². The molecule has 19 heavy (non-hydrogen) atoms. The van der Waals surface area contributed by atoms with Crippen molar-refractivity contribution in [3.8, 4) is 17.2 Å². The van der Waals surface area contributed by atoms with E-state index in [0.29, 0.717) is 17.2 Å². The molecule has 1 heterocycles. The van der Waals surface area contributed by atoms with Gasteiger partial charge in [-0.25, -0.2) is 0 Å². The van der Waals surface area contributed by atoms with E-state index >= 15 is 0 Å². The zero-order chi connectivity index (χ0) is 14.2. The minimum absolute atomic E-state index is 0.108. The molecule has 0 spiro atoms. The lowest BCUT2D eigenvalue weighted by Crippen LogP contribution is -2.39. The van der Waals surface area contributed by atoms with Crippen LogP contribution in [0.3, 0.4) is 0 Å². The van der Waals surface area contributed by atoms with Gasteiger partial charge in [-0.05, 0) is 6.92 Å². The molecular weight excluding hydrogens is 252 g/mol. The quantitative estimate of drug-likeness (QED) is 0.691. The van der Waals surface area contributed by atoms with E-state index in [1.807, 2.05) is 0 Å². The molecule has 1 aromatic carbocycles. The number of fused-ring (bicyclic) bond motifs is 1. The molecule has 1 aromatic rings. The Morgan fingerprint density at radius 2 is 2.21 bits per heavy atom. The number of rotatable bonds is 3. The van der Waals surface area contributed by atoms with Crippen LogP contribution in [0.5, 0.6) is 17.2 Å². The second kappa shape index (κ2) is 4.75. The van der Waals surface area contributed by atoms with Gasteiger partial charge < -0.3 is 30.8 Å². The van der Waals surface area contributed by atoms with Gasteiger partial charge in [0.15, 0.2) is 11.5 Å². The smallest absolute Gasteiger partial charge is 0.310 e. The number of aliphatic carboxylic acids is 1. The third-order valence-electron chi connectivity index (χ3n) is 3.09. The maximum Gasteiger partial charge on any atom is 0.310 e. The van der Waals surface area contributed by atoms with E-state index < -0.39 is 18.0 Å². The third kappa shape index (κ3) is 2.18. The number of ether oxygens (including phenoxy) is 3. The summed E-state index contributed by atoms with van der Waals surface area (Å²) in [6.45, 7) is 1.65. The molecule has 0 saturated heterocycles. The van der Waals surface area contributed by atoms with Gasteiger partial charge in [-0.1, -0.05) is 0 Å². The van der Waals surface area contributed by atoms with Gasteiger partial charge in [0.1, 0.15) is 24.1 Å². The predicted octanol–water partition coefficient (Wildman–Crippen LogP) is 0.720. The Labute approximate surface area is 110 Å². The zero-order valence-electron chi connectivity index (χ0n) is 10.7. The first kappa shape index (κ1) is 13.1. The molecule has 0 aromatic heterocycles. The van der Waals surface area contributed by atoms with E-state index in [4.69, 9.17) is 30.8 Å². The molecule has 7 heteroatoms. The van der Waals surface area contributed by atoms with Crippen molar-refractivity contribution in [1.29, 1.82) is 0 Å². The molecule has 104 valence electrons. The average Bonchev–Trinajstić information content (AvgIpc) is 2.41. The van der Waals surface area contributed by atoms with Crippen LogP contribution in [0.4, 0.5) is 11.4 Å². The second-order valence-corrected chi connectivity index (χ2v) is 4.33. The van der Waals surface area contributed by atoms with Crippen LogP contribution in [0.2, 0.25) is 0 Å². The Balaban J connectivity index is 2.38. The summed E-state index contributed by atoms with van der Waals surface area (Å²) >= 11 is 0. The fourth-order valence-corrected chi connectivity index (χ4v) is 1.84. The Morgan fingerprint density at radius 1 is 1.53 bits per heavy atom. The van der Waals surface area contributed by atoms with Gasteiger partial charge >= 0.3 is 5.97 Å². The van der Waals surface area contributed by atoms with Gasteiger partial charge in [0.2, 0.25) is 0 Å². The number of anilines is 2. The standard InChI is InChI=1S/C12H16N2O5/c1-5(12(15)16)8-4-18-10-6(13)3-7(17-2)9(14)11(10)19-8/h3,5,8H,4,13-14H2,1-2H3,(H,15,16). The monoisotopic (exact) mass is 268 g/mol. The van der Waals surface area contributed by atoms with Gasteiger partial charge in [0, 0.05) is 6.07 Å². The number of carbonyl (C=O) groups is 1. The molecule has 5 N–H and O–H groups in total. The molecule has 7 nitrogen and oxygen atoms in total. The molecule has 1 aliphatic heterocycles. The molecule has 0 saturated carbocycles. The van der Waals surface area contributed by atoms with Crippen LogP contribution in [0.1, 0.15) is 6.92 Å². The summed E-state index contributed by atoms with van der Waals surface area (Å²) in [6, 6.07) is 1.54. The minimum atomic E-state index is -0.966. The Kier molecular flexibility index (Phi) is 3.28. The molecular formula is C12H16N2O5. The first-order valence-electron chi connectivity index (χ1n) is 5.74. The van der Waals surface area contributed by atoms with Crippen molar-refractivity contribution in [2.75, 3.05) is 25.2 Å². The average molecular weight is 268 g/mol. The Hall–Kier alpha value is -2.31. The van der Waals surface area contributed by atoms with Crippen molar-refractivity contribution in [2.24, 2.45) is 5.92 Å². The van der Waals surface area contributed by atoms with Crippen LogP contribution in [0.15, 0.2) is 6.07 Å². The fraction of sp³-hybridized carbons (Fsp3) is 0.417. The van der Waals surface area contributed by atoms with Gasteiger partial charge in [0.25, 0.3) is 0 Å². The van der Waals surface area contributed by atoms with E-state index in [2.05, 4.69) is 0 Å². The summed E-state index contributed by atoms with van der Waals surface area (Å²) in [4.78, 5) is 11.0. The highest BCUT2D eigenvalue weighted by Crippen LogP contribution is 2.47. The minimum Gasteiger partial charge on any atom is -0.494 e. The highest BCUT2D eigenvalue weighted by atomic mass is 16.6. The Bertz CT molecular complexity index is 517. The summed E-state index contributed by atoms with van der Waals surface area (Å²) in [5.41, 5.74) is 12.3. The lowest BCUT2D eigenvalue weighted by Gasteiger charge is -2.30. The molecule has 1 aliphatic rings. The molecule has 2 rings (SSSR count). The maximum atomic E-state index is 11.0. The topological polar surface area (TPSA) is 117 Å². The Morgan fingerprint density at radius 3 is 2.79 bits per heavy atom. The molecule has 0 radical (unpaired) electrons. The lowest BCUT2D eigenvalue weighted by molar-refractivity contribution is -0.145. The van der Waals surface area contributed by atoms with E-state index in [1.54, 1.807) is 13.0 Å². The number of hydrogen-bond acceptors (Lipinski definition) is 6. The summed E-state index contributed by atoms with van der Waals surface area (Å²) < 4.78 is 16.2. The first-order chi connectivity index (χ1) is 8.95. The normalized spacial score (nSPS) is 18.7. The van der Waals surface area contributed by atoms with Gasteiger partial charge in [-0.3, -0.25) is 4.79 Å². The van der Waals surface area contributed by atoms with Crippen molar-refractivity contribution in [1.82, 2.24) is 0 Å². The largest absolute Gasteiger partial charge is 0.494 e. The maximum absolute atomic E-state index is 11.0. The van der Waals surface area contributed by atoms with Gasteiger partial charge in [-0.15, -0.1) is 0 Å². The molecule has 0 bridgehead atoms. The SMILES string of the molecule is COc1cc(N)c2c(c1N)OC(C(C)C(=O)O)CO2. The number of carboxylic acids is 1. The molecule has 0 fully saturated rings. The van der Waals surface area contributed by atoms with Crippen molar-refractivity contribution >= 4 is 17.3 Å². The number of nitrogen functional groups attached to an aromatic ring is 2. The van der Waals surface area contributed by atoms with E-state index in [9.17, 15) is 4.79 Å². The van der Waals surface area contributed by atoms with Crippen molar-refractivity contribution < 1.29 is 24.1 Å². The molecule has 2 atom stereocenters. The van der Waals surface area contributed by atoms with Crippen LogP contribution in [0.25, 0.3) is 0 Å². The number of benzene rings is 1. The number of methoxy groups -OCH3 is 1. The number of carboxylic acid groups (broad SMARTS) is 1. The summed E-state index contributed by atoms with van der Waals surface area (Å²) in [7, 11) is 1.46. The summed E-state index contributed by atoms with van der Waals surface area (Å²) in [5.74, 6) is -0.761. The van der Waals surface area contributed by atoms with Crippen LogP contribution in [-0.2, 0) is 4.79 Å². The third-order valence-corrected chi connectivity index (χ3v) is 3.09. The second-order valence-electron chi connectivity index (χ2n) is 4.33. The summed E-state index contributed by atoms with van der Waals surface area (Å²) in [5, 5.41) is 8.99. The van der Waals surface area contributed by atoms with E-state index in [-0.39, 0.29) is 18.0 Å². The molecule has 2 unspecified atom stereocenters. The van der Waals surface area contributed by atoms with Crippen molar-refractivity contribution in [2.45, 2.75) is 13.0 Å². The number of nitrogens with two attached hydrogens (primary N) is 2. The van der Waals surface area contributed by atoms with Crippen LogP contribution >= 0.6 is 0 Å². The lowest BCUT2D eigenvalue weighted by atomic mass is 10.0. The highest BCUT2D eigenvalue weighted by Gasteiger charge is 2.33. The van der Waals surface area contributed by atoms with Gasteiger partial charge in [0.05, 0.1) is 18.7 Å². The first-order valence-corrected chi connectivity index (χ1v) is 5.74. The molecule has 0 aliphatic carbocycles. The predicted molar refractivity (Wildman–Crippen MR) is 68.5 cm³/mol. The van der Waals surface area contributed by atoms with Crippen molar-refractivity contribution in [3.63, 3.8) is 0 Å².